The average Bonchev–Trinajstić information content (AvgIpc) is 1.41. The Balaban J connectivity index is 2.19. The van der Waals surface area contributed by atoms with Gasteiger partial charge in [-0.15, -0.1) is 0 Å². The molecular weight excluding hydrogens is 87.1 g/mol. The summed E-state index contributed by atoms with van der Waals surface area (Å²) in [5.41, 5.74) is 0. The maximum absolute atomic E-state index is 10.8. The summed E-state index contributed by atoms with van der Waals surface area (Å²) >= 11 is 0. The molecule has 0 bridgehead atoms. The van der Waals surface area contributed by atoms with Gasteiger partial charge in [0.05, 0.1) is 0 Å². The highest BCUT2D eigenvalue weighted by molar-refractivity contribution is 6.08. The van der Waals surface area contributed by atoms with E-state index in [9.17, 15) is 4.39 Å². The molecule has 0 fully saturated rings. The fourth-order valence-electron chi connectivity index (χ4n) is 0.0546. The smallest absolute Gasteiger partial charge is 0.187 e. The van der Waals surface area contributed by atoms with Gasteiger partial charge in [0.25, 0.3) is 0 Å². The summed E-state index contributed by atoms with van der Waals surface area (Å²) in [6.07, 6.45) is 0.497. The van der Waals surface area contributed by atoms with Crippen LogP contribution in [0.2, 0.25) is 0 Å². The van der Waals surface area contributed by atoms with Crippen LogP contribution in [0.3, 0.4) is 0 Å². The van der Waals surface area contributed by atoms with Gasteiger partial charge in [-0.3, -0.25) is 0 Å². The van der Waals surface area contributed by atoms with Gasteiger partial charge in [-0.1, -0.05) is 0 Å². The zero-order chi connectivity index (χ0) is 4.12. The lowest BCUT2D eigenvalue weighted by molar-refractivity contribution is 0.0895. The first kappa shape index (κ1) is 5.11. The highest BCUT2D eigenvalue weighted by Gasteiger charge is 1.67. The van der Waals surface area contributed by atoms with Crippen molar-refractivity contribution in [2.75, 3.05) is 13.1 Å². The summed E-state index contributed by atoms with van der Waals surface area (Å²) in [6.45, 7) is -0.649. The van der Waals surface area contributed by atoms with E-state index in [1.54, 1.807) is 10.2 Å². The standard InChI is InChI=1S/C2H6FOSi/c3-1-4-2-5/h1-2,5H2. The molecule has 0 aliphatic heterocycles. The van der Waals surface area contributed by atoms with Crippen LogP contribution in [0.1, 0.15) is 0 Å². The fraction of sp³-hybridized carbons (Fsp3) is 1.00. The highest BCUT2D eigenvalue weighted by Crippen LogP contribution is 1.64. The highest BCUT2D eigenvalue weighted by atomic mass is 28.1. The number of ether oxygens (including phenoxy) is 1. The molecule has 5 heavy (non-hydrogen) atoms. The van der Waals surface area contributed by atoms with Gasteiger partial charge in [0.1, 0.15) is 0 Å². The van der Waals surface area contributed by atoms with Gasteiger partial charge in [0.15, 0.2) is 6.86 Å². The van der Waals surface area contributed by atoms with Crippen molar-refractivity contribution in [3.63, 3.8) is 0 Å². The van der Waals surface area contributed by atoms with Crippen molar-refractivity contribution < 1.29 is 9.13 Å². The molecule has 0 saturated carbocycles. The first-order valence-corrected chi connectivity index (χ1v) is 2.34. The molecule has 0 atom stereocenters. The summed E-state index contributed by atoms with van der Waals surface area (Å²) in [4.78, 5) is 0. The third-order valence-corrected chi connectivity index (χ3v) is 0.510. The summed E-state index contributed by atoms with van der Waals surface area (Å²) in [5.74, 6) is 0. The second kappa shape index (κ2) is 4.11. The van der Waals surface area contributed by atoms with Crippen LogP contribution in [0.25, 0.3) is 0 Å². The lowest BCUT2D eigenvalue weighted by Crippen LogP contribution is -1.87. The predicted octanol–water partition coefficient (Wildman–Crippen LogP) is -0.479. The van der Waals surface area contributed by atoms with E-state index >= 15 is 0 Å². The summed E-state index contributed by atoms with van der Waals surface area (Å²) in [5, 5.41) is 0. The number of halogens is 1. The van der Waals surface area contributed by atoms with E-state index in [1.165, 1.54) is 0 Å². The van der Waals surface area contributed by atoms with Crippen LogP contribution < -0.4 is 0 Å². The summed E-state index contributed by atoms with van der Waals surface area (Å²) in [6, 6.07) is 0. The van der Waals surface area contributed by atoms with Crippen LogP contribution in [0.15, 0.2) is 0 Å². The van der Waals surface area contributed by atoms with E-state index < -0.39 is 6.86 Å². The molecule has 0 aliphatic rings. The lowest BCUT2D eigenvalue weighted by atomic mass is 11.5. The van der Waals surface area contributed by atoms with Gasteiger partial charge in [-0.25, -0.2) is 4.39 Å². The normalized spacial score (nSPS) is 8.40. The van der Waals surface area contributed by atoms with Crippen molar-refractivity contribution in [3.05, 3.63) is 0 Å². The van der Waals surface area contributed by atoms with Gasteiger partial charge in [0.2, 0.25) is 0 Å². The topological polar surface area (TPSA) is 9.23 Å². The molecule has 0 aliphatic carbocycles. The van der Waals surface area contributed by atoms with Gasteiger partial charge in [-0.2, -0.15) is 0 Å². The molecule has 0 N–H and O–H groups in total. The molecule has 0 unspecified atom stereocenters. The Bertz CT molecular complexity index is 17.1. The Hall–Kier alpha value is 0.107. The van der Waals surface area contributed by atoms with Gasteiger partial charge in [-0.05, 0) is 0 Å². The largest absolute Gasteiger partial charge is 0.355 e. The molecule has 0 heterocycles. The maximum Gasteiger partial charge on any atom is 0.187 e. The van der Waals surface area contributed by atoms with Crippen LogP contribution in [0.4, 0.5) is 4.39 Å². The molecule has 0 aromatic carbocycles. The fourth-order valence-corrected chi connectivity index (χ4v) is 0.164. The van der Waals surface area contributed by atoms with E-state index in [4.69, 9.17) is 0 Å². The molecule has 3 heteroatoms. The maximum atomic E-state index is 10.8. The first-order valence-electron chi connectivity index (χ1n) is 1.34. The quantitative estimate of drug-likeness (QED) is 0.419. The summed E-state index contributed by atoms with van der Waals surface area (Å²) in [7, 11) is 1.59. The zero-order valence-corrected chi connectivity index (χ0v) is 4.32. The van der Waals surface area contributed by atoms with Crippen molar-refractivity contribution in [1.82, 2.24) is 0 Å². The third-order valence-electron chi connectivity index (χ3n) is 0.221. The van der Waals surface area contributed by atoms with E-state index in [0.29, 0.717) is 6.23 Å². The second-order valence-electron chi connectivity index (χ2n) is 0.517. The van der Waals surface area contributed by atoms with Crippen molar-refractivity contribution in [1.29, 1.82) is 0 Å². The van der Waals surface area contributed by atoms with Crippen LogP contribution >= 0.6 is 0 Å². The molecule has 0 amide bonds. The van der Waals surface area contributed by atoms with Crippen molar-refractivity contribution >= 4 is 10.2 Å². The third kappa shape index (κ3) is 4.11. The monoisotopic (exact) mass is 93.0 g/mol. The SMILES string of the molecule is FCOC[SiH2]. The second-order valence-corrected chi connectivity index (χ2v) is 0.926. The van der Waals surface area contributed by atoms with Gasteiger partial charge >= 0.3 is 0 Å². The van der Waals surface area contributed by atoms with Crippen molar-refractivity contribution in [2.45, 2.75) is 0 Å². The van der Waals surface area contributed by atoms with Gasteiger partial charge in [0, 0.05) is 16.5 Å². The molecular formula is C2H6FOSi. The molecule has 31 valence electrons. The van der Waals surface area contributed by atoms with Crippen LogP contribution in [0, 0.1) is 0 Å². The van der Waals surface area contributed by atoms with E-state index in [2.05, 4.69) is 4.74 Å². The molecule has 0 aromatic rings. The zero-order valence-electron chi connectivity index (χ0n) is 2.91. The Morgan fingerprint density at radius 1 is 1.80 bits per heavy atom. The number of alkyl halides is 1. The van der Waals surface area contributed by atoms with E-state index in [0.717, 1.165) is 0 Å². The molecule has 1 nitrogen and oxygen atoms in total. The van der Waals surface area contributed by atoms with Crippen LogP contribution in [-0.2, 0) is 4.74 Å². The molecule has 0 spiro atoms. The lowest BCUT2D eigenvalue weighted by Gasteiger charge is -1.83. The van der Waals surface area contributed by atoms with E-state index in [-0.39, 0.29) is 0 Å². The summed E-state index contributed by atoms with van der Waals surface area (Å²) < 4.78 is 15.0. The minimum atomic E-state index is -0.649. The number of hydrogen-bond acceptors (Lipinski definition) is 1. The van der Waals surface area contributed by atoms with Gasteiger partial charge < -0.3 is 4.74 Å². The minimum Gasteiger partial charge on any atom is -0.355 e. The first-order chi connectivity index (χ1) is 2.41. The Labute approximate surface area is 33.6 Å². The Morgan fingerprint density at radius 3 is 2.40 bits per heavy atom. The average molecular weight is 93.2 g/mol. The van der Waals surface area contributed by atoms with Crippen LogP contribution in [-0.4, -0.2) is 23.3 Å². The number of rotatable bonds is 2. The Morgan fingerprint density at radius 2 is 2.40 bits per heavy atom. The van der Waals surface area contributed by atoms with Crippen molar-refractivity contribution in [2.24, 2.45) is 0 Å². The molecule has 0 saturated heterocycles. The van der Waals surface area contributed by atoms with Crippen LogP contribution in [0.5, 0.6) is 0 Å². The predicted molar refractivity (Wildman–Crippen MR) is 20.5 cm³/mol. The molecule has 0 aromatic heterocycles. The van der Waals surface area contributed by atoms with Crippen molar-refractivity contribution in [3.8, 4) is 0 Å². The molecule has 1 radical (unpaired) electrons. The molecule has 0 rings (SSSR count). The Kier molecular flexibility index (Phi) is 4.19. The number of hydrogen-bond donors (Lipinski definition) is 0. The van der Waals surface area contributed by atoms with E-state index in [1.807, 2.05) is 0 Å². The minimum absolute atomic E-state index is 0.497.